The lowest BCUT2D eigenvalue weighted by molar-refractivity contribution is 0.0335. The molecule has 0 unspecified atom stereocenters. The topological polar surface area (TPSA) is 61.2 Å². The average molecular weight is 352 g/mol. The smallest absolute Gasteiger partial charge is 0.344 e. The van der Waals surface area contributed by atoms with Gasteiger partial charge in [-0.2, -0.15) is 9.78 Å². The summed E-state index contributed by atoms with van der Waals surface area (Å²) in [6.07, 6.45) is 1.12. The Morgan fingerprint density at radius 3 is 2.67 bits per heavy atom. The molecule has 0 aliphatic rings. The molecule has 0 saturated heterocycles. The van der Waals surface area contributed by atoms with E-state index in [-0.39, 0.29) is 15.1 Å². The van der Waals surface area contributed by atoms with Crippen LogP contribution in [0.5, 0.6) is 0 Å². The van der Waals surface area contributed by atoms with Gasteiger partial charge >= 0.3 is 5.97 Å². The number of nitrogens with zero attached hydrogens (tertiary/aromatic N) is 2. The van der Waals surface area contributed by atoms with E-state index in [9.17, 15) is 14.0 Å². The number of rotatable bonds is 3. The number of carbonyl (C=O) groups is 1. The van der Waals surface area contributed by atoms with Gasteiger partial charge < -0.3 is 4.74 Å². The van der Waals surface area contributed by atoms with E-state index >= 15 is 0 Å². The number of carbonyl (C=O) groups excluding carboxylic acids is 1. The molecule has 0 fully saturated rings. The van der Waals surface area contributed by atoms with Gasteiger partial charge in [0.05, 0.1) is 16.2 Å². The molecule has 0 N–H and O–H groups in total. The van der Waals surface area contributed by atoms with Gasteiger partial charge in [0.15, 0.2) is 6.73 Å². The first-order chi connectivity index (χ1) is 9.91. The normalized spacial score (nSPS) is 10.5. The van der Waals surface area contributed by atoms with Crippen molar-refractivity contribution < 1.29 is 13.9 Å². The monoisotopic (exact) mass is 350 g/mol. The highest BCUT2D eigenvalue weighted by Crippen LogP contribution is 2.20. The Morgan fingerprint density at radius 1 is 1.29 bits per heavy atom. The molecule has 9 heteroatoms. The van der Waals surface area contributed by atoms with Gasteiger partial charge in [-0.05, 0) is 12.1 Å². The van der Waals surface area contributed by atoms with Crippen LogP contribution in [-0.4, -0.2) is 15.7 Å². The minimum Gasteiger partial charge on any atom is -0.438 e. The van der Waals surface area contributed by atoms with Gasteiger partial charge in [0.2, 0.25) is 0 Å². The van der Waals surface area contributed by atoms with E-state index in [4.69, 9.17) is 39.5 Å². The molecule has 0 atom stereocenters. The lowest BCUT2D eigenvalue weighted by Crippen LogP contribution is -2.26. The van der Waals surface area contributed by atoms with Crippen molar-refractivity contribution in [2.75, 3.05) is 0 Å². The Kier molecular flexibility index (Phi) is 4.82. The third-order valence-corrected chi connectivity index (χ3v) is 3.49. The van der Waals surface area contributed by atoms with Gasteiger partial charge in [0.25, 0.3) is 5.56 Å². The molecular weight excluding hydrogens is 346 g/mol. The van der Waals surface area contributed by atoms with Crippen molar-refractivity contribution in [3.8, 4) is 0 Å². The van der Waals surface area contributed by atoms with Crippen LogP contribution in [0.4, 0.5) is 4.39 Å². The van der Waals surface area contributed by atoms with E-state index in [0.29, 0.717) is 0 Å². The largest absolute Gasteiger partial charge is 0.438 e. The maximum atomic E-state index is 13.5. The van der Waals surface area contributed by atoms with Gasteiger partial charge in [0.1, 0.15) is 16.4 Å². The first-order valence-electron chi connectivity index (χ1n) is 5.44. The standard InChI is InChI=1S/C12H6Cl3FN2O3/c13-6-2-1-3-8(16)9(6)12(20)21-5-18-11(19)10(15)7(14)4-17-18/h1-4H,5H2. The zero-order valence-electron chi connectivity index (χ0n) is 10.1. The van der Waals surface area contributed by atoms with Crippen LogP contribution in [0, 0.1) is 5.82 Å². The Labute approximate surface area is 132 Å². The summed E-state index contributed by atoms with van der Waals surface area (Å²) in [5.74, 6) is -1.86. The summed E-state index contributed by atoms with van der Waals surface area (Å²) in [4.78, 5) is 23.4. The fourth-order valence-electron chi connectivity index (χ4n) is 1.42. The van der Waals surface area contributed by atoms with Crippen molar-refractivity contribution in [2.24, 2.45) is 0 Å². The Hall–Kier alpha value is -1.63. The molecule has 1 aromatic carbocycles. The zero-order valence-corrected chi connectivity index (χ0v) is 12.4. The van der Waals surface area contributed by atoms with Crippen LogP contribution in [0.25, 0.3) is 0 Å². The minimum absolute atomic E-state index is 0.0265. The Morgan fingerprint density at radius 2 is 2.00 bits per heavy atom. The highest BCUT2D eigenvalue weighted by Gasteiger charge is 2.18. The molecule has 0 aliphatic carbocycles. The summed E-state index contributed by atoms with van der Waals surface area (Å²) >= 11 is 17.0. The van der Waals surface area contributed by atoms with Gasteiger partial charge in [-0.3, -0.25) is 4.79 Å². The van der Waals surface area contributed by atoms with Crippen LogP contribution in [0.1, 0.15) is 10.4 Å². The van der Waals surface area contributed by atoms with Crippen LogP contribution in [0.2, 0.25) is 15.1 Å². The van der Waals surface area contributed by atoms with Gasteiger partial charge in [0, 0.05) is 0 Å². The van der Waals surface area contributed by atoms with Crippen molar-refractivity contribution in [1.29, 1.82) is 0 Å². The molecule has 110 valence electrons. The Balaban J connectivity index is 2.19. The summed E-state index contributed by atoms with van der Waals surface area (Å²) in [6.45, 7) is -0.556. The molecule has 0 aliphatic heterocycles. The molecule has 0 amide bonds. The van der Waals surface area contributed by atoms with E-state index in [1.54, 1.807) is 0 Å². The molecule has 0 radical (unpaired) electrons. The predicted octanol–water partition coefficient (Wildman–Crippen LogP) is 3.16. The second-order valence-corrected chi connectivity index (χ2v) is 4.96. The first-order valence-corrected chi connectivity index (χ1v) is 6.57. The molecule has 0 spiro atoms. The van der Waals surface area contributed by atoms with Crippen LogP contribution in [0.15, 0.2) is 29.2 Å². The summed E-state index contributed by atoms with van der Waals surface area (Å²) < 4.78 is 19.1. The molecule has 1 aromatic heterocycles. The highest BCUT2D eigenvalue weighted by molar-refractivity contribution is 6.41. The van der Waals surface area contributed by atoms with Crippen molar-refractivity contribution >= 4 is 40.8 Å². The first kappa shape index (κ1) is 15.8. The molecule has 2 aromatic rings. The summed E-state index contributed by atoms with van der Waals surface area (Å²) in [6, 6.07) is 3.75. The molecule has 2 rings (SSSR count). The lowest BCUT2D eigenvalue weighted by Gasteiger charge is -2.08. The lowest BCUT2D eigenvalue weighted by atomic mass is 10.2. The highest BCUT2D eigenvalue weighted by atomic mass is 35.5. The maximum absolute atomic E-state index is 13.5. The zero-order chi connectivity index (χ0) is 15.6. The van der Waals surface area contributed by atoms with E-state index in [1.807, 2.05) is 0 Å². The Bertz CT molecular complexity index is 744. The van der Waals surface area contributed by atoms with Crippen molar-refractivity contribution in [1.82, 2.24) is 9.78 Å². The molecule has 0 saturated carbocycles. The third-order valence-electron chi connectivity index (χ3n) is 2.43. The van der Waals surface area contributed by atoms with Crippen LogP contribution in [0.3, 0.4) is 0 Å². The van der Waals surface area contributed by atoms with Crippen molar-refractivity contribution in [2.45, 2.75) is 6.73 Å². The fourth-order valence-corrected chi connectivity index (χ4v) is 1.93. The van der Waals surface area contributed by atoms with Gasteiger partial charge in [-0.1, -0.05) is 40.9 Å². The summed E-state index contributed by atoms with van der Waals surface area (Å²) in [5, 5.41) is 3.25. The van der Waals surface area contributed by atoms with E-state index < -0.39 is 29.6 Å². The second-order valence-electron chi connectivity index (χ2n) is 3.77. The molecule has 5 nitrogen and oxygen atoms in total. The van der Waals surface area contributed by atoms with Crippen LogP contribution >= 0.6 is 34.8 Å². The number of ether oxygens (including phenoxy) is 1. The quantitative estimate of drug-likeness (QED) is 0.797. The summed E-state index contributed by atoms with van der Waals surface area (Å²) in [7, 11) is 0. The fraction of sp³-hybridized carbons (Fsp3) is 0.0833. The number of esters is 1. The maximum Gasteiger partial charge on any atom is 0.344 e. The van der Waals surface area contributed by atoms with E-state index in [0.717, 1.165) is 16.9 Å². The predicted molar refractivity (Wildman–Crippen MR) is 75.3 cm³/mol. The number of halogens is 4. The van der Waals surface area contributed by atoms with Gasteiger partial charge in [-0.25, -0.2) is 9.18 Å². The molecule has 21 heavy (non-hydrogen) atoms. The summed E-state index contributed by atoms with van der Waals surface area (Å²) in [5.41, 5.74) is -1.16. The van der Waals surface area contributed by atoms with Crippen LogP contribution < -0.4 is 5.56 Å². The number of hydrogen-bond donors (Lipinski definition) is 0. The molecule has 0 bridgehead atoms. The van der Waals surface area contributed by atoms with Crippen molar-refractivity contribution in [3.05, 3.63) is 61.2 Å². The van der Waals surface area contributed by atoms with Gasteiger partial charge in [-0.15, -0.1) is 0 Å². The van der Waals surface area contributed by atoms with Crippen LogP contribution in [-0.2, 0) is 11.5 Å². The number of aromatic nitrogens is 2. The number of benzene rings is 1. The minimum atomic E-state index is -1.03. The second kappa shape index (κ2) is 6.43. The average Bonchev–Trinajstić information content (AvgIpc) is 2.44. The number of hydrogen-bond acceptors (Lipinski definition) is 4. The van der Waals surface area contributed by atoms with Crippen molar-refractivity contribution in [3.63, 3.8) is 0 Å². The third kappa shape index (κ3) is 3.34. The molecule has 1 heterocycles. The SMILES string of the molecule is O=C(OCn1ncc(Cl)c(Cl)c1=O)c1c(F)cccc1Cl. The molecular formula is C12H6Cl3FN2O3. The van der Waals surface area contributed by atoms with E-state index in [1.165, 1.54) is 12.1 Å². The van der Waals surface area contributed by atoms with E-state index in [2.05, 4.69) is 5.10 Å².